The average Bonchev–Trinajstić information content (AvgIpc) is 2.74. The fraction of sp³-hybridized carbons (Fsp3) is 0.0400. The zero-order valence-electron chi connectivity index (χ0n) is 14.6. The van der Waals surface area contributed by atoms with E-state index in [1.165, 1.54) is 38.9 Å². The van der Waals surface area contributed by atoms with Crippen LogP contribution in [0.15, 0.2) is 103 Å². The summed E-state index contributed by atoms with van der Waals surface area (Å²) in [5.74, 6) is 0. The number of hydrogen-bond donors (Lipinski definition) is 1. The zero-order valence-corrected chi connectivity index (χ0v) is 14.6. The molecule has 0 spiro atoms. The molecule has 0 aromatic heterocycles. The lowest BCUT2D eigenvalue weighted by atomic mass is 9.88. The third kappa shape index (κ3) is 3.17. The predicted octanol–water partition coefficient (Wildman–Crippen LogP) is 6.15. The maximum Gasteiger partial charge on any atom is 0.0190 e. The van der Waals surface area contributed by atoms with E-state index in [-0.39, 0.29) is 0 Å². The van der Waals surface area contributed by atoms with E-state index in [2.05, 4.69) is 84.9 Å². The van der Waals surface area contributed by atoms with E-state index in [0.717, 1.165) is 0 Å². The number of hydrogen-bond acceptors (Lipinski definition) is 1. The summed E-state index contributed by atoms with van der Waals surface area (Å²) in [5.41, 5.74) is 14.6. The van der Waals surface area contributed by atoms with E-state index in [9.17, 15) is 0 Å². The normalized spacial score (nSPS) is 10.7. The molecule has 0 fully saturated rings. The minimum Gasteiger partial charge on any atom is -0.326 e. The maximum absolute atomic E-state index is 6.21. The van der Waals surface area contributed by atoms with Gasteiger partial charge in [0, 0.05) is 6.54 Å². The van der Waals surface area contributed by atoms with E-state index in [1.54, 1.807) is 0 Å². The summed E-state index contributed by atoms with van der Waals surface area (Å²) < 4.78 is 0. The summed E-state index contributed by atoms with van der Waals surface area (Å²) in [6.45, 7) is 0.503. The van der Waals surface area contributed by atoms with E-state index in [4.69, 9.17) is 5.73 Å². The first-order valence-corrected chi connectivity index (χ1v) is 8.90. The second kappa shape index (κ2) is 7.38. The highest BCUT2D eigenvalue weighted by Crippen LogP contribution is 2.37. The SMILES string of the molecule is NCc1c(-c2ccccc2)cc(-c2ccccc2)cc1-c1ccccc1. The van der Waals surface area contributed by atoms with Gasteiger partial charge in [-0.2, -0.15) is 0 Å². The molecule has 1 nitrogen and oxygen atoms in total. The van der Waals surface area contributed by atoms with Gasteiger partial charge in [0.2, 0.25) is 0 Å². The lowest BCUT2D eigenvalue weighted by molar-refractivity contribution is 1.08. The summed E-state index contributed by atoms with van der Waals surface area (Å²) in [5, 5.41) is 0. The Balaban J connectivity index is 2.01. The minimum atomic E-state index is 0.503. The smallest absolute Gasteiger partial charge is 0.0190 e. The van der Waals surface area contributed by atoms with Gasteiger partial charge in [0.25, 0.3) is 0 Å². The first kappa shape index (κ1) is 16.3. The largest absolute Gasteiger partial charge is 0.326 e. The van der Waals surface area contributed by atoms with Crippen LogP contribution in [0.1, 0.15) is 5.56 Å². The number of benzene rings is 4. The van der Waals surface area contributed by atoms with Crippen molar-refractivity contribution in [3.05, 3.63) is 109 Å². The van der Waals surface area contributed by atoms with Gasteiger partial charge in [-0.3, -0.25) is 0 Å². The third-order valence-electron chi connectivity index (χ3n) is 4.73. The molecule has 0 aliphatic heterocycles. The monoisotopic (exact) mass is 335 g/mol. The van der Waals surface area contributed by atoms with Crippen LogP contribution in [0.25, 0.3) is 33.4 Å². The number of rotatable bonds is 4. The molecule has 26 heavy (non-hydrogen) atoms. The minimum absolute atomic E-state index is 0.503. The quantitative estimate of drug-likeness (QED) is 0.476. The van der Waals surface area contributed by atoms with E-state index in [1.807, 2.05) is 18.2 Å². The molecule has 0 unspecified atom stereocenters. The molecular formula is C25H21N. The van der Waals surface area contributed by atoms with E-state index < -0.39 is 0 Å². The first-order chi connectivity index (χ1) is 12.9. The standard InChI is InChI=1S/C25H21N/c26-18-25-23(20-12-6-2-7-13-20)16-22(19-10-4-1-5-11-19)17-24(25)21-14-8-3-9-15-21/h1-17H,18,26H2. The molecule has 2 N–H and O–H groups in total. The van der Waals surface area contributed by atoms with E-state index in [0.29, 0.717) is 6.54 Å². The van der Waals surface area contributed by atoms with Crippen molar-refractivity contribution in [2.75, 3.05) is 0 Å². The Kier molecular flexibility index (Phi) is 4.63. The van der Waals surface area contributed by atoms with Crippen LogP contribution in [-0.4, -0.2) is 0 Å². The van der Waals surface area contributed by atoms with Crippen molar-refractivity contribution in [1.29, 1.82) is 0 Å². The van der Waals surface area contributed by atoms with Crippen molar-refractivity contribution in [3.8, 4) is 33.4 Å². The van der Waals surface area contributed by atoms with Crippen LogP contribution in [-0.2, 0) is 6.54 Å². The van der Waals surface area contributed by atoms with Crippen molar-refractivity contribution in [2.24, 2.45) is 5.73 Å². The van der Waals surface area contributed by atoms with Gasteiger partial charge in [-0.25, -0.2) is 0 Å². The Morgan fingerprint density at radius 3 is 1.23 bits per heavy atom. The predicted molar refractivity (Wildman–Crippen MR) is 111 cm³/mol. The average molecular weight is 335 g/mol. The number of nitrogens with two attached hydrogens (primary N) is 1. The van der Waals surface area contributed by atoms with Gasteiger partial charge in [-0.1, -0.05) is 91.0 Å². The van der Waals surface area contributed by atoms with Gasteiger partial charge in [-0.15, -0.1) is 0 Å². The van der Waals surface area contributed by atoms with Crippen molar-refractivity contribution < 1.29 is 0 Å². The molecule has 126 valence electrons. The van der Waals surface area contributed by atoms with E-state index >= 15 is 0 Å². The molecule has 0 saturated carbocycles. The fourth-order valence-corrected chi connectivity index (χ4v) is 3.44. The second-order valence-electron chi connectivity index (χ2n) is 6.35. The van der Waals surface area contributed by atoms with Crippen LogP contribution < -0.4 is 5.73 Å². The summed E-state index contributed by atoms with van der Waals surface area (Å²) in [4.78, 5) is 0. The lowest BCUT2D eigenvalue weighted by Crippen LogP contribution is -2.03. The summed E-state index contributed by atoms with van der Waals surface area (Å²) >= 11 is 0. The summed E-state index contributed by atoms with van der Waals surface area (Å²) in [6, 6.07) is 36.0. The van der Waals surface area contributed by atoms with Crippen molar-refractivity contribution in [2.45, 2.75) is 6.54 Å². The molecule has 4 rings (SSSR count). The Hall–Kier alpha value is -3.16. The molecule has 0 aliphatic carbocycles. The first-order valence-electron chi connectivity index (χ1n) is 8.90. The molecule has 0 saturated heterocycles. The molecule has 0 atom stereocenters. The van der Waals surface area contributed by atoms with Crippen LogP contribution in [0.2, 0.25) is 0 Å². The molecule has 0 radical (unpaired) electrons. The molecule has 4 aromatic rings. The third-order valence-corrected chi connectivity index (χ3v) is 4.73. The highest BCUT2D eigenvalue weighted by molar-refractivity contribution is 5.85. The Morgan fingerprint density at radius 2 is 0.846 bits per heavy atom. The molecule has 1 heteroatoms. The molecule has 0 aliphatic rings. The molecule has 0 amide bonds. The fourth-order valence-electron chi connectivity index (χ4n) is 3.44. The van der Waals surface area contributed by atoms with Crippen LogP contribution in [0.4, 0.5) is 0 Å². The van der Waals surface area contributed by atoms with Crippen LogP contribution in [0.3, 0.4) is 0 Å². The summed E-state index contributed by atoms with van der Waals surface area (Å²) in [7, 11) is 0. The molecule has 4 aromatic carbocycles. The van der Waals surface area contributed by atoms with Crippen LogP contribution in [0, 0.1) is 0 Å². The van der Waals surface area contributed by atoms with Gasteiger partial charge in [0.1, 0.15) is 0 Å². The molecular weight excluding hydrogens is 314 g/mol. The molecule has 0 bridgehead atoms. The van der Waals surface area contributed by atoms with Gasteiger partial charge in [-0.05, 0) is 51.1 Å². The summed E-state index contributed by atoms with van der Waals surface area (Å²) in [6.07, 6.45) is 0. The second-order valence-corrected chi connectivity index (χ2v) is 6.35. The maximum atomic E-state index is 6.21. The van der Waals surface area contributed by atoms with Crippen LogP contribution in [0.5, 0.6) is 0 Å². The zero-order chi connectivity index (χ0) is 17.8. The highest BCUT2D eigenvalue weighted by Gasteiger charge is 2.13. The van der Waals surface area contributed by atoms with Crippen molar-refractivity contribution in [1.82, 2.24) is 0 Å². The van der Waals surface area contributed by atoms with Gasteiger partial charge in [0.15, 0.2) is 0 Å². The van der Waals surface area contributed by atoms with Crippen LogP contribution >= 0.6 is 0 Å². The Labute approximate surface area is 154 Å². The topological polar surface area (TPSA) is 26.0 Å². The molecule has 0 heterocycles. The van der Waals surface area contributed by atoms with Gasteiger partial charge in [0.05, 0.1) is 0 Å². The van der Waals surface area contributed by atoms with Gasteiger partial charge >= 0.3 is 0 Å². The van der Waals surface area contributed by atoms with Crippen molar-refractivity contribution >= 4 is 0 Å². The Morgan fingerprint density at radius 1 is 0.462 bits per heavy atom. The highest BCUT2D eigenvalue weighted by atomic mass is 14.5. The Bertz CT molecular complexity index is 929. The van der Waals surface area contributed by atoms with Gasteiger partial charge < -0.3 is 5.73 Å². The lowest BCUT2D eigenvalue weighted by Gasteiger charge is -2.17. The van der Waals surface area contributed by atoms with Crippen molar-refractivity contribution in [3.63, 3.8) is 0 Å².